The number of carbonyl (C=O) groups is 1. The topological polar surface area (TPSA) is 99.3 Å². The number of benzene rings is 2. The van der Waals surface area contributed by atoms with E-state index in [2.05, 4.69) is 10.3 Å². The number of methoxy groups -OCH3 is 1. The molecule has 0 fully saturated rings. The Kier molecular flexibility index (Phi) is 5.16. The van der Waals surface area contributed by atoms with Crippen molar-refractivity contribution >= 4 is 11.6 Å². The summed E-state index contributed by atoms with van der Waals surface area (Å²) in [6, 6.07) is 12.3. The van der Waals surface area contributed by atoms with Crippen LogP contribution in [0.25, 0.3) is 0 Å². The Bertz CT molecular complexity index is 966. The van der Waals surface area contributed by atoms with Gasteiger partial charge in [0.25, 0.3) is 11.6 Å². The van der Waals surface area contributed by atoms with E-state index < -0.39 is 11.0 Å². The van der Waals surface area contributed by atoms with Crippen molar-refractivity contribution in [1.29, 1.82) is 0 Å². The van der Waals surface area contributed by atoms with Gasteiger partial charge in [-0.3, -0.25) is 14.9 Å². The second-order valence-corrected chi connectivity index (χ2v) is 5.85. The lowest BCUT2D eigenvalue weighted by Gasteiger charge is -2.21. The SMILES string of the molecule is COc1ccccc1C(NC(=O)c1ccc([N+](=O)[O-])cc1)c1nccn1C. The van der Waals surface area contributed by atoms with Crippen molar-refractivity contribution in [3.05, 3.63) is 88.0 Å². The molecule has 3 rings (SSSR count). The molecule has 8 heteroatoms. The summed E-state index contributed by atoms with van der Waals surface area (Å²) in [6.07, 6.45) is 3.44. The zero-order chi connectivity index (χ0) is 19.4. The first kappa shape index (κ1) is 18.1. The highest BCUT2D eigenvalue weighted by atomic mass is 16.6. The Morgan fingerprint density at radius 2 is 1.93 bits per heavy atom. The second-order valence-electron chi connectivity index (χ2n) is 5.85. The molecule has 0 bridgehead atoms. The number of hydrogen-bond acceptors (Lipinski definition) is 5. The average Bonchev–Trinajstić information content (AvgIpc) is 3.11. The van der Waals surface area contributed by atoms with Gasteiger partial charge in [0.2, 0.25) is 0 Å². The molecule has 1 heterocycles. The van der Waals surface area contributed by atoms with E-state index >= 15 is 0 Å². The first-order chi connectivity index (χ1) is 13.0. The normalized spacial score (nSPS) is 11.6. The number of aryl methyl sites for hydroxylation is 1. The third-order valence-corrected chi connectivity index (χ3v) is 4.18. The summed E-state index contributed by atoms with van der Waals surface area (Å²) in [5, 5.41) is 13.7. The van der Waals surface area contributed by atoms with Crippen LogP contribution in [0.5, 0.6) is 5.75 Å². The van der Waals surface area contributed by atoms with Crippen LogP contribution in [0.3, 0.4) is 0 Å². The molecule has 0 radical (unpaired) electrons. The van der Waals surface area contributed by atoms with Gasteiger partial charge < -0.3 is 14.6 Å². The summed E-state index contributed by atoms with van der Waals surface area (Å²) in [4.78, 5) is 27.4. The fraction of sp³-hybridized carbons (Fsp3) is 0.158. The molecular formula is C19H18N4O4. The maximum absolute atomic E-state index is 12.8. The lowest BCUT2D eigenvalue weighted by Crippen LogP contribution is -2.31. The van der Waals surface area contributed by atoms with Gasteiger partial charge in [-0.1, -0.05) is 18.2 Å². The monoisotopic (exact) mass is 366 g/mol. The van der Waals surface area contributed by atoms with Crippen molar-refractivity contribution in [2.24, 2.45) is 7.05 Å². The molecule has 1 N–H and O–H groups in total. The molecule has 138 valence electrons. The summed E-state index contributed by atoms with van der Waals surface area (Å²) in [6.45, 7) is 0. The summed E-state index contributed by atoms with van der Waals surface area (Å²) >= 11 is 0. The summed E-state index contributed by atoms with van der Waals surface area (Å²) in [7, 11) is 3.40. The maximum Gasteiger partial charge on any atom is 0.269 e. The van der Waals surface area contributed by atoms with E-state index in [9.17, 15) is 14.9 Å². The number of rotatable bonds is 6. The minimum Gasteiger partial charge on any atom is -0.496 e. The summed E-state index contributed by atoms with van der Waals surface area (Å²) in [5.74, 6) is 0.882. The Labute approximate surface area is 155 Å². The number of imidazole rings is 1. The van der Waals surface area contributed by atoms with Crippen molar-refractivity contribution in [3.8, 4) is 5.75 Å². The minimum atomic E-state index is -0.552. The molecule has 0 aliphatic carbocycles. The number of nitro groups is 1. The third kappa shape index (κ3) is 3.79. The number of para-hydroxylation sites is 1. The first-order valence-electron chi connectivity index (χ1n) is 8.16. The molecule has 1 unspecified atom stereocenters. The lowest BCUT2D eigenvalue weighted by molar-refractivity contribution is -0.384. The van der Waals surface area contributed by atoms with Crippen LogP contribution in [-0.4, -0.2) is 27.5 Å². The van der Waals surface area contributed by atoms with Crippen molar-refractivity contribution in [2.45, 2.75) is 6.04 Å². The molecular weight excluding hydrogens is 348 g/mol. The van der Waals surface area contributed by atoms with Crippen LogP contribution in [0.1, 0.15) is 27.8 Å². The van der Waals surface area contributed by atoms with Crippen molar-refractivity contribution < 1.29 is 14.5 Å². The second kappa shape index (κ2) is 7.69. The average molecular weight is 366 g/mol. The molecule has 0 saturated carbocycles. The molecule has 8 nitrogen and oxygen atoms in total. The Balaban J connectivity index is 1.95. The van der Waals surface area contributed by atoms with Crippen LogP contribution in [0.15, 0.2) is 60.9 Å². The minimum absolute atomic E-state index is 0.0723. The van der Waals surface area contributed by atoms with Crippen LogP contribution in [0, 0.1) is 10.1 Å². The number of aromatic nitrogens is 2. The van der Waals surface area contributed by atoms with Gasteiger partial charge >= 0.3 is 0 Å². The van der Waals surface area contributed by atoms with E-state index in [1.807, 2.05) is 35.9 Å². The van der Waals surface area contributed by atoms with Crippen molar-refractivity contribution in [2.75, 3.05) is 7.11 Å². The Hall–Kier alpha value is -3.68. The highest BCUT2D eigenvalue weighted by Crippen LogP contribution is 2.29. The van der Waals surface area contributed by atoms with Gasteiger partial charge in [-0.2, -0.15) is 0 Å². The largest absolute Gasteiger partial charge is 0.496 e. The van der Waals surface area contributed by atoms with E-state index in [-0.39, 0.29) is 11.6 Å². The molecule has 27 heavy (non-hydrogen) atoms. The number of hydrogen-bond donors (Lipinski definition) is 1. The quantitative estimate of drug-likeness (QED) is 0.534. The van der Waals surface area contributed by atoms with Gasteiger partial charge in [-0.05, 0) is 18.2 Å². The van der Waals surface area contributed by atoms with Gasteiger partial charge in [-0.15, -0.1) is 0 Å². The lowest BCUT2D eigenvalue weighted by atomic mass is 10.0. The van der Waals surface area contributed by atoms with Gasteiger partial charge in [0.1, 0.15) is 17.6 Å². The van der Waals surface area contributed by atoms with E-state index in [4.69, 9.17) is 4.74 Å². The maximum atomic E-state index is 12.8. The van der Waals surface area contributed by atoms with Crippen LogP contribution < -0.4 is 10.1 Å². The number of nitro benzene ring substituents is 1. The van der Waals surface area contributed by atoms with Gasteiger partial charge in [0.05, 0.1) is 12.0 Å². The van der Waals surface area contributed by atoms with Gasteiger partial charge in [0.15, 0.2) is 0 Å². The van der Waals surface area contributed by atoms with E-state index in [0.717, 1.165) is 5.56 Å². The Morgan fingerprint density at radius 3 is 2.52 bits per heavy atom. The highest BCUT2D eigenvalue weighted by molar-refractivity contribution is 5.94. The summed E-state index contributed by atoms with van der Waals surface area (Å²) < 4.78 is 7.24. The van der Waals surface area contributed by atoms with Crippen molar-refractivity contribution in [3.63, 3.8) is 0 Å². The van der Waals surface area contributed by atoms with Crippen molar-refractivity contribution in [1.82, 2.24) is 14.9 Å². The van der Waals surface area contributed by atoms with E-state index in [0.29, 0.717) is 17.1 Å². The Morgan fingerprint density at radius 1 is 1.22 bits per heavy atom. The molecule has 1 amide bonds. The molecule has 1 atom stereocenters. The summed E-state index contributed by atoms with van der Waals surface area (Å²) in [5.41, 5.74) is 0.996. The number of amides is 1. The smallest absolute Gasteiger partial charge is 0.269 e. The van der Waals surface area contributed by atoms with Gasteiger partial charge in [-0.25, -0.2) is 4.98 Å². The zero-order valence-electron chi connectivity index (χ0n) is 14.8. The molecule has 2 aromatic carbocycles. The number of nitrogens with one attached hydrogen (secondary N) is 1. The third-order valence-electron chi connectivity index (χ3n) is 4.18. The number of ether oxygens (including phenoxy) is 1. The highest BCUT2D eigenvalue weighted by Gasteiger charge is 2.24. The van der Waals surface area contributed by atoms with Crippen LogP contribution in [-0.2, 0) is 7.05 Å². The molecule has 3 aromatic rings. The van der Waals surface area contributed by atoms with E-state index in [1.165, 1.54) is 24.3 Å². The first-order valence-corrected chi connectivity index (χ1v) is 8.16. The van der Waals surface area contributed by atoms with E-state index in [1.54, 1.807) is 19.5 Å². The fourth-order valence-electron chi connectivity index (χ4n) is 2.79. The number of nitrogens with zero attached hydrogens (tertiary/aromatic N) is 3. The number of carbonyl (C=O) groups excluding carboxylic acids is 1. The zero-order valence-corrected chi connectivity index (χ0v) is 14.8. The molecule has 1 aromatic heterocycles. The molecule has 0 saturated heterocycles. The van der Waals surface area contributed by atoms with Crippen LogP contribution >= 0.6 is 0 Å². The predicted octanol–water partition coefficient (Wildman–Crippen LogP) is 2.86. The molecule has 0 aliphatic heterocycles. The van der Waals surface area contributed by atoms with Crippen LogP contribution in [0.2, 0.25) is 0 Å². The van der Waals surface area contributed by atoms with Crippen LogP contribution in [0.4, 0.5) is 5.69 Å². The standard InChI is InChI=1S/C19H18N4O4/c1-22-12-11-20-18(22)17(15-5-3-4-6-16(15)27-2)21-19(24)13-7-9-14(10-8-13)23(25)26/h3-12,17H,1-2H3,(H,21,24). The fourth-order valence-corrected chi connectivity index (χ4v) is 2.79. The molecule has 0 aliphatic rings. The number of non-ortho nitro benzene ring substituents is 1. The molecule has 0 spiro atoms. The van der Waals surface area contributed by atoms with Gasteiger partial charge in [0, 0.05) is 42.7 Å². The predicted molar refractivity (Wildman–Crippen MR) is 98.6 cm³/mol.